The van der Waals surface area contributed by atoms with Gasteiger partial charge in [0, 0.05) is 18.8 Å². The van der Waals surface area contributed by atoms with Gasteiger partial charge in [-0.1, -0.05) is 0 Å². The number of aliphatic hydroxyl groups is 2. The number of hydrogen-bond acceptors (Lipinski definition) is 8. The van der Waals surface area contributed by atoms with Crippen LogP contribution in [0.25, 0.3) is 0 Å². The smallest absolute Gasteiger partial charge is 0.351 e. The molecule has 12 heteroatoms. The summed E-state index contributed by atoms with van der Waals surface area (Å²) in [6.45, 7) is 2.88. The number of aromatic nitrogens is 2. The second kappa shape index (κ2) is 7.41. The topological polar surface area (TPSA) is 126 Å². The van der Waals surface area contributed by atoms with Gasteiger partial charge in [0.15, 0.2) is 17.7 Å². The van der Waals surface area contributed by atoms with Crippen molar-refractivity contribution in [3.63, 3.8) is 0 Å². The quantitative estimate of drug-likeness (QED) is 0.639. The van der Waals surface area contributed by atoms with Gasteiger partial charge in [-0.25, -0.2) is 4.79 Å². The average Bonchev–Trinajstić information content (AvgIpc) is 3.14. The van der Waals surface area contributed by atoms with Crippen molar-refractivity contribution >= 4 is 17.4 Å². The summed E-state index contributed by atoms with van der Waals surface area (Å²) in [5.74, 6) is -3.65. The summed E-state index contributed by atoms with van der Waals surface area (Å²) in [7, 11) is 1.72. The fourth-order valence-electron chi connectivity index (χ4n) is 3.30. The minimum atomic E-state index is -3.83. The van der Waals surface area contributed by atoms with E-state index in [1.54, 1.807) is 24.1 Å². The Morgan fingerprint density at radius 1 is 1.39 bits per heavy atom. The predicted molar refractivity (Wildman–Crippen MR) is 103 cm³/mol. The number of hydrogen-bond donors (Lipinski definition) is 3. The molecule has 0 spiro atoms. The Bertz CT molecular complexity index is 1120. The lowest BCUT2D eigenvalue weighted by atomic mass is 10.1. The minimum Gasteiger partial charge on any atom is -0.439 e. The van der Waals surface area contributed by atoms with E-state index in [0.717, 1.165) is 12.3 Å². The average molecular weight is 436 g/mol. The molecule has 3 atom stereocenters. The van der Waals surface area contributed by atoms with Crippen LogP contribution in [-0.2, 0) is 4.74 Å². The van der Waals surface area contributed by atoms with Crippen LogP contribution in [0, 0.1) is 0 Å². The van der Waals surface area contributed by atoms with Crippen molar-refractivity contribution in [3.05, 3.63) is 59.0 Å². The lowest BCUT2D eigenvalue weighted by molar-refractivity contribution is -0.140. The number of carbonyl (C=O) groups excluding carboxylic acids is 1. The van der Waals surface area contributed by atoms with Crippen LogP contribution in [0.1, 0.15) is 16.6 Å². The number of halogens is 2. The minimum absolute atomic E-state index is 0.165. The van der Waals surface area contributed by atoms with Gasteiger partial charge in [0.25, 0.3) is 5.91 Å². The number of aliphatic hydroxyl groups excluding tert-OH is 2. The van der Waals surface area contributed by atoms with E-state index in [0.29, 0.717) is 21.9 Å². The number of rotatable bonds is 4. The highest BCUT2D eigenvalue weighted by atomic mass is 19.3. The van der Waals surface area contributed by atoms with Crippen molar-refractivity contribution in [2.45, 2.75) is 24.4 Å². The van der Waals surface area contributed by atoms with Gasteiger partial charge in [0.2, 0.25) is 6.23 Å². The van der Waals surface area contributed by atoms with Crippen LogP contribution >= 0.6 is 0 Å². The molecule has 31 heavy (non-hydrogen) atoms. The second-order valence-corrected chi connectivity index (χ2v) is 7.02. The van der Waals surface area contributed by atoms with Gasteiger partial charge in [-0.2, -0.15) is 13.8 Å². The lowest BCUT2D eigenvalue weighted by Gasteiger charge is -2.21. The molecule has 1 fully saturated rings. The first-order valence-corrected chi connectivity index (χ1v) is 9.10. The predicted octanol–water partition coefficient (Wildman–Crippen LogP) is 0.681. The van der Waals surface area contributed by atoms with Crippen LogP contribution in [0.5, 0.6) is 5.75 Å². The van der Waals surface area contributed by atoms with Gasteiger partial charge in [-0.15, -0.1) is 0 Å². The molecule has 4 rings (SSSR count). The highest BCUT2D eigenvalue weighted by Gasteiger charge is 2.59. The number of nitrogens with zero attached hydrogens (tertiary/aromatic N) is 3. The summed E-state index contributed by atoms with van der Waals surface area (Å²) in [6.07, 6.45) is -5.02. The Labute approximate surface area is 174 Å². The zero-order chi connectivity index (χ0) is 22.5. The molecule has 3 heterocycles. The number of alkyl halides is 2. The maximum atomic E-state index is 14.2. The lowest BCUT2D eigenvalue weighted by Crippen LogP contribution is -2.41. The molecule has 0 aliphatic carbocycles. The Kier molecular flexibility index (Phi) is 5.00. The van der Waals surface area contributed by atoms with Gasteiger partial charge in [0.1, 0.15) is 11.9 Å². The van der Waals surface area contributed by atoms with Crippen molar-refractivity contribution in [2.75, 3.05) is 23.9 Å². The van der Waals surface area contributed by atoms with E-state index in [-0.39, 0.29) is 11.4 Å². The van der Waals surface area contributed by atoms with Crippen LogP contribution in [0.4, 0.5) is 20.3 Å². The SMILES string of the molecule is C=C1Oc2ccc(C(=O)Nc3ccn(C4O[C@H](CO)[C@@H](O)C4(F)F)c(=O)n3)cc2N1C. The first-order valence-electron chi connectivity index (χ1n) is 9.10. The van der Waals surface area contributed by atoms with Crippen LogP contribution in [0.2, 0.25) is 0 Å². The van der Waals surface area contributed by atoms with Gasteiger partial charge in [-0.3, -0.25) is 9.36 Å². The van der Waals surface area contributed by atoms with Crippen LogP contribution in [0.3, 0.4) is 0 Å². The molecule has 0 radical (unpaired) electrons. The normalized spacial score (nSPS) is 24.1. The third kappa shape index (κ3) is 3.44. The maximum Gasteiger partial charge on any atom is 0.351 e. The fraction of sp³-hybridized carbons (Fsp3) is 0.316. The molecule has 10 nitrogen and oxygen atoms in total. The summed E-state index contributed by atoms with van der Waals surface area (Å²) in [5, 5.41) is 21.1. The number of benzene rings is 1. The van der Waals surface area contributed by atoms with Gasteiger partial charge in [-0.05, 0) is 30.8 Å². The Morgan fingerprint density at radius 3 is 2.77 bits per heavy atom. The molecule has 1 aromatic carbocycles. The van der Waals surface area contributed by atoms with E-state index >= 15 is 0 Å². The summed E-state index contributed by atoms with van der Waals surface area (Å²) in [4.78, 5) is 30.1. The molecule has 2 aromatic rings. The van der Waals surface area contributed by atoms with Gasteiger partial charge in [0.05, 0.1) is 12.3 Å². The monoisotopic (exact) mass is 436 g/mol. The first kappa shape index (κ1) is 20.9. The van der Waals surface area contributed by atoms with E-state index in [1.807, 2.05) is 0 Å². The number of anilines is 2. The first-order chi connectivity index (χ1) is 14.6. The molecule has 1 unspecified atom stereocenters. The molecule has 1 saturated heterocycles. The van der Waals surface area contributed by atoms with E-state index in [2.05, 4.69) is 16.9 Å². The largest absolute Gasteiger partial charge is 0.439 e. The van der Waals surface area contributed by atoms with Crippen LogP contribution in [0.15, 0.2) is 47.7 Å². The number of fused-ring (bicyclic) bond motifs is 1. The molecule has 0 saturated carbocycles. The summed E-state index contributed by atoms with van der Waals surface area (Å²) >= 11 is 0. The van der Waals surface area contributed by atoms with Gasteiger partial charge >= 0.3 is 11.6 Å². The highest BCUT2D eigenvalue weighted by molar-refractivity contribution is 6.04. The zero-order valence-electron chi connectivity index (χ0n) is 16.2. The summed E-state index contributed by atoms with van der Waals surface area (Å²) < 4.78 is 39.3. The molecule has 2 aliphatic rings. The van der Waals surface area contributed by atoms with Crippen molar-refractivity contribution in [1.82, 2.24) is 9.55 Å². The molecule has 0 bridgehead atoms. The van der Waals surface area contributed by atoms with Crippen molar-refractivity contribution in [3.8, 4) is 5.75 Å². The zero-order valence-corrected chi connectivity index (χ0v) is 16.2. The number of ether oxygens (including phenoxy) is 2. The third-order valence-electron chi connectivity index (χ3n) is 5.07. The summed E-state index contributed by atoms with van der Waals surface area (Å²) in [6, 6.07) is 5.80. The third-order valence-corrected chi connectivity index (χ3v) is 5.07. The van der Waals surface area contributed by atoms with Crippen molar-refractivity contribution in [2.24, 2.45) is 0 Å². The van der Waals surface area contributed by atoms with Crippen LogP contribution < -0.4 is 20.6 Å². The van der Waals surface area contributed by atoms with E-state index < -0.39 is 42.6 Å². The number of nitrogens with one attached hydrogen (secondary N) is 1. The van der Waals surface area contributed by atoms with Crippen molar-refractivity contribution < 1.29 is 33.3 Å². The molecule has 1 aromatic heterocycles. The van der Waals surface area contributed by atoms with Crippen molar-refractivity contribution in [1.29, 1.82) is 0 Å². The van der Waals surface area contributed by atoms with E-state index in [1.165, 1.54) is 6.07 Å². The maximum absolute atomic E-state index is 14.2. The molecule has 3 N–H and O–H groups in total. The Morgan fingerprint density at radius 2 is 2.13 bits per heavy atom. The van der Waals surface area contributed by atoms with E-state index in [4.69, 9.17) is 14.6 Å². The molecular weight excluding hydrogens is 418 g/mol. The number of carbonyl (C=O) groups is 1. The standard InChI is InChI=1S/C19H18F2N4O6/c1-9-24(2)11-7-10(3-4-12(11)30-9)16(28)22-14-5-6-25(18(29)23-14)17-19(20,21)15(27)13(8-26)31-17/h3-7,13,15,17,26-27H,1,8H2,2H3,(H,22,23,28,29)/t13-,15-,17?/m1/s1. The molecule has 164 valence electrons. The molecule has 2 aliphatic heterocycles. The second-order valence-electron chi connectivity index (χ2n) is 7.02. The molecule has 1 amide bonds. The van der Waals surface area contributed by atoms with Gasteiger partial charge < -0.3 is 29.9 Å². The van der Waals surface area contributed by atoms with E-state index in [9.17, 15) is 23.5 Å². The number of amides is 1. The Balaban J connectivity index is 1.54. The summed E-state index contributed by atoms with van der Waals surface area (Å²) in [5.41, 5.74) is -0.264. The fourth-order valence-corrected chi connectivity index (χ4v) is 3.30. The highest BCUT2D eigenvalue weighted by Crippen LogP contribution is 2.42. The molecular formula is C19H18F2N4O6. The van der Waals surface area contributed by atoms with Crippen LogP contribution in [-0.4, -0.2) is 57.5 Å². The Hall–Kier alpha value is -3.35.